The van der Waals surface area contributed by atoms with E-state index in [9.17, 15) is 13.2 Å². The Bertz CT molecular complexity index is 545. The lowest BCUT2D eigenvalue weighted by Gasteiger charge is -2.07. The number of alkyl halides is 3. The molecule has 0 aliphatic rings. The monoisotopic (exact) mass is 308 g/mol. The molecule has 0 bridgehead atoms. The van der Waals surface area contributed by atoms with Crippen LogP contribution in [0.25, 0.3) is 11.0 Å². The molecule has 0 aliphatic heterocycles. The second-order valence-electron chi connectivity index (χ2n) is 3.56. The van der Waals surface area contributed by atoms with Crippen LogP contribution in [0.15, 0.2) is 27.1 Å². The van der Waals surface area contributed by atoms with Crippen LogP contribution in [0.3, 0.4) is 0 Å². The van der Waals surface area contributed by atoms with Crippen molar-refractivity contribution in [3.63, 3.8) is 0 Å². The zero-order chi connectivity index (χ0) is 12.6. The predicted molar refractivity (Wildman–Crippen MR) is 59.7 cm³/mol. The summed E-state index contributed by atoms with van der Waals surface area (Å²) >= 11 is 3.03. The molecule has 0 radical (unpaired) electrons. The van der Waals surface area contributed by atoms with Crippen molar-refractivity contribution in [1.29, 1.82) is 0 Å². The molecule has 0 fully saturated rings. The highest BCUT2D eigenvalue weighted by Gasteiger charge is 2.34. The Kier molecular flexibility index (Phi) is 3.18. The molecule has 2 aromatic rings. The molecule has 6 heteroatoms. The van der Waals surface area contributed by atoms with Crippen LogP contribution < -0.4 is 0 Å². The van der Waals surface area contributed by atoms with E-state index in [0.717, 1.165) is 6.07 Å². The molecule has 1 aromatic carbocycles. The van der Waals surface area contributed by atoms with Gasteiger partial charge in [-0.25, -0.2) is 0 Å². The van der Waals surface area contributed by atoms with Crippen LogP contribution in [-0.2, 0) is 12.6 Å². The van der Waals surface area contributed by atoms with Crippen LogP contribution in [0.1, 0.15) is 11.3 Å². The summed E-state index contributed by atoms with van der Waals surface area (Å²) in [5.74, 6) is 0.339. The third-order valence-electron chi connectivity index (χ3n) is 2.30. The third-order valence-corrected chi connectivity index (χ3v) is 2.75. The van der Waals surface area contributed by atoms with Crippen molar-refractivity contribution >= 4 is 26.9 Å². The number of hydrogen-bond acceptors (Lipinski definition) is 2. The average Bonchev–Trinajstić information content (AvgIpc) is 2.57. The van der Waals surface area contributed by atoms with Crippen LogP contribution >= 0.6 is 15.9 Å². The van der Waals surface area contributed by atoms with Crippen LogP contribution in [0.4, 0.5) is 13.2 Å². The van der Waals surface area contributed by atoms with Crippen molar-refractivity contribution in [3.05, 3.63) is 34.0 Å². The number of fused-ring (bicyclic) bond motifs is 1. The van der Waals surface area contributed by atoms with Gasteiger partial charge in [-0.05, 0) is 18.2 Å². The Morgan fingerprint density at radius 3 is 2.53 bits per heavy atom. The molecule has 92 valence electrons. The minimum atomic E-state index is -4.46. The highest BCUT2D eigenvalue weighted by molar-refractivity contribution is 9.10. The summed E-state index contributed by atoms with van der Waals surface area (Å²) in [6.45, 7) is -0.164. The zero-order valence-electron chi connectivity index (χ0n) is 8.51. The van der Waals surface area contributed by atoms with Crippen molar-refractivity contribution < 1.29 is 22.7 Å². The fraction of sp³-hybridized carbons (Fsp3) is 0.273. The lowest BCUT2D eigenvalue weighted by Crippen LogP contribution is -2.05. The third kappa shape index (κ3) is 2.47. The Balaban J connectivity index is 2.66. The maximum atomic E-state index is 12.8. The largest absolute Gasteiger partial charge is 0.460 e. The lowest BCUT2D eigenvalue weighted by molar-refractivity contribution is -0.136. The smallest absolute Gasteiger partial charge is 0.420 e. The molecule has 0 saturated carbocycles. The minimum Gasteiger partial charge on any atom is -0.460 e. The molecule has 2 nitrogen and oxygen atoms in total. The predicted octanol–water partition coefficient (Wildman–Crippen LogP) is 3.75. The SMILES string of the molecule is OCCc1cc2cc(Br)cc(C(F)(F)F)c2o1. The molecule has 0 aliphatic carbocycles. The summed E-state index contributed by atoms with van der Waals surface area (Å²) in [4.78, 5) is 0. The zero-order valence-corrected chi connectivity index (χ0v) is 10.1. The molecule has 0 spiro atoms. The molecule has 1 heterocycles. The number of rotatable bonds is 2. The van der Waals surface area contributed by atoms with Crippen LogP contribution in [-0.4, -0.2) is 11.7 Å². The van der Waals surface area contributed by atoms with Gasteiger partial charge in [0.15, 0.2) is 0 Å². The number of benzene rings is 1. The lowest BCUT2D eigenvalue weighted by atomic mass is 10.1. The molecule has 0 atom stereocenters. The van der Waals surface area contributed by atoms with Gasteiger partial charge in [0.1, 0.15) is 11.3 Å². The number of furan rings is 1. The maximum Gasteiger partial charge on any atom is 0.420 e. The number of aliphatic hydroxyl groups is 1. The van der Waals surface area contributed by atoms with E-state index >= 15 is 0 Å². The van der Waals surface area contributed by atoms with Crippen molar-refractivity contribution in [3.8, 4) is 0 Å². The normalized spacial score (nSPS) is 12.3. The van der Waals surface area contributed by atoms with Crippen molar-refractivity contribution in [2.75, 3.05) is 6.61 Å². The average molecular weight is 309 g/mol. The first-order valence-electron chi connectivity index (χ1n) is 4.82. The number of hydrogen-bond donors (Lipinski definition) is 1. The van der Waals surface area contributed by atoms with Gasteiger partial charge in [-0.2, -0.15) is 13.2 Å². The highest BCUT2D eigenvalue weighted by atomic mass is 79.9. The van der Waals surface area contributed by atoms with Crippen LogP contribution in [0.2, 0.25) is 0 Å². The first kappa shape index (κ1) is 12.4. The fourth-order valence-electron chi connectivity index (χ4n) is 1.61. The van der Waals surface area contributed by atoms with Crippen LogP contribution in [0, 0.1) is 0 Å². The topological polar surface area (TPSA) is 33.4 Å². The van der Waals surface area contributed by atoms with Gasteiger partial charge in [-0.1, -0.05) is 15.9 Å². The summed E-state index contributed by atoms with van der Waals surface area (Å²) < 4.78 is 43.7. The first-order valence-corrected chi connectivity index (χ1v) is 5.61. The summed E-state index contributed by atoms with van der Waals surface area (Å²) in [6, 6.07) is 4.04. The summed E-state index contributed by atoms with van der Waals surface area (Å²) in [5.41, 5.74) is -1.00. The molecule has 1 N–H and O–H groups in total. The molecular formula is C11H8BrF3O2. The van der Waals surface area contributed by atoms with E-state index in [0.29, 0.717) is 15.6 Å². The summed E-state index contributed by atoms with van der Waals surface area (Å²) in [7, 11) is 0. The van der Waals surface area contributed by atoms with E-state index in [2.05, 4.69) is 15.9 Å². The van der Waals surface area contributed by atoms with E-state index in [1.165, 1.54) is 6.07 Å². The molecule has 0 unspecified atom stereocenters. The second-order valence-corrected chi connectivity index (χ2v) is 4.47. The number of aliphatic hydroxyl groups excluding tert-OH is 1. The Labute approximate surface area is 103 Å². The van der Waals surface area contributed by atoms with Gasteiger partial charge in [0.2, 0.25) is 0 Å². The van der Waals surface area contributed by atoms with Crippen molar-refractivity contribution in [2.24, 2.45) is 0 Å². The van der Waals surface area contributed by atoms with Gasteiger partial charge in [-0.15, -0.1) is 0 Å². The van der Waals surface area contributed by atoms with E-state index in [1.54, 1.807) is 6.07 Å². The van der Waals surface area contributed by atoms with E-state index in [1.807, 2.05) is 0 Å². The Hall–Kier alpha value is -1.01. The maximum absolute atomic E-state index is 12.8. The van der Waals surface area contributed by atoms with Gasteiger partial charge in [0, 0.05) is 16.3 Å². The fourth-order valence-corrected chi connectivity index (χ4v) is 2.09. The summed E-state index contributed by atoms with van der Waals surface area (Å²) in [6.07, 6.45) is -4.26. The number of halogens is 4. The van der Waals surface area contributed by atoms with Gasteiger partial charge < -0.3 is 9.52 Å². The summed E-state index contributed by atoms with van der Waals surface area (Å²) in [5, 5.41) is 9.11. The van der Waals surface area contributed by atoms with E-state index in [-0.39, 0.29) is 18.6 Å². The standard InChI is InChI=1S/C11H8BrF3O2/c12-7-3-6-4-8(1-2-16)17-10(6)9(5-7)11(13,14)15/h3-5,16H,1-2H2. The second kappa shape index (κ2) is 4.34. The van der Waals surface area contributed by atoms with E-state index in [4.69, 9.17) is 9.52 Å². The Morgan fingerprint density at radius 1 is 1.24 bits per heavy atom. The van der Waals surface area contributed by atoms with Crippen LogP contribution in [0.5, 0.6) is 0 Å². The quantitative estimate of drug-likeness (QED) is 0.916. The highest BCUT2D eigenvalue weighted by Crippen LogP contribution is 2.38. The Morgan fingerprint density at radius 2 is 1.94 bits per heavy atom. The first-order chi connectivity index (χ1) is 7.91. The molecule has 17 heavy (non-hydrogen) atoms. The van der Waals surface area contributed by atoms with Crippen molar-refractivity contribution in [1.82, 2.24) is 0 Å². The van der Waals surface area contributed by atoms with Crippen molar-refractivity contribution in [2.45, 2.75) is 12.6 Å². The molecule has 2 rings (SSSR count). The van der Waals surface area contributed by atoms with Gasteiger partial charge >= 0.3 is 6.18 Å². The van der Waals surface area contributed by atoms with Gasteiger partial charge in [-0.3, -0.25) is 0 Å². The van der Waals surface area contributed by atoms with Gasteiger partial charge in [0.25, 0.3) is 0 Å². The molecular weight excluding hydrogens is 301 g/mol. The minimum absolute atomic E-state index is 0.164. The molecule has 0 amide bonds. The van der Waals surface area contributed by atoms with Gasteiger partial charge in [0.05, 0.1) is 12.2 Å². The molecule has 1 aromatic heterocycles. The van der Waals surface area contributed by atoms with E-state index < -0.39 is 11.7 Å². The molecule has 0 saturated heterocycles.